The number of anilines is 1. The minimum atomic E-state index is -0.899. The monoisotopic (exact) mass is 413 g/mol. The van der Waals surface area contributed by atoms with Gasteiger partial charge in [0.05, 0.1) is 22.9 Å². The van der Waals surface area contributed by atoms with E-state index in [1.807, 2.05) is 25.1 Å². The van der Waals surface area contributed by atoms with Crippen molar-refractivity contribution in [3.63, 3.8) is 0 Å². The first-order valence-corrected chi connectivity index (χ1v) is 10.2. The van der Waals surface area contributed by atoms with Crippen molar-refractivity contribution in [2.24, 2.45) is 0 Å². The van der Waals surface area contributed by atoms with Crippen LogP contribution in [0.5, 0.6) is 5.75 Å². The van der Waals surface area contributed by atoms with Gasteiger partial charge in [0.25, 0.3) is 5.91 Å². The summed E-state index contributed by atoms with van der Waals surface area (Å²) in [5.41, 5.74) is 1.53. The number of thioether (sulfide) groups is 1. The smallest absolute Gasteiger partial charge is 0.316 e. The van der Waals surface area contributed by atoms with Gasteiger partial charge in [-0.15, -0.1) is 23.1 Å². The van der Waals surface area contributed by atoms with Crippen molar-refractivity contribution in [2.45, 2.75) is 25.7 Å². The lowest BCUT2D eigenvalue weighted by atomic mass is 10.2. The topological polar surface area (TPSA) is 64.6 Å². The lowest BCUT2D eigenvalue weighted by Crippen LogP contribution is -2.30. The van der Waals surface area contributed by atoms with E-state index in [1.54, 1.807) is 19.1 Å². The lowest BCUT2D eigenvalue weighted by molar-refractivity contribution is -0.150. The zero-order valence-electron chi connectivity index (χ0n) is 14.7. The van der Waals surface area contributed by atoms with Crippen LogP contribution in [0.25, 0.3) is 0 Å². The Hall–Kier alpha value is -1.70. The first-order valence-electron chi connectivity index (χ1n) is 7.86. The maximum Gasteiger partial charge on any atom is 0.316 e. The van der Waals surface area contributed by atoms with Crippen molar-refractivity contribution in [3.8, 4) is 5.75 Å². The molecule has 0 spiro atoms. The van der Waals surface area contributed by atoms with Crippen LogP contribution in [0.2, 0.25) is 4.34 Å². The normalized spacial score (nSPS) is 11.7. The quantitative estimate of drug-likeness (QED) is 0.644. The van der Waals surface area contributed by atoms with Gasteiger partial charge in [-0.1, -0.05) is 17.7 Å². The summed E-state index contributed by atoms with van der Waals surface area (Å²) in [7, 11) is 1.53. The van der Waals surface area contributed by atoms with E-state index >= 15 is 0 Å². The molecular formula is C18H20ClNO4S2. The molecule has 0 bridgehead atoms. The van der Waals surface area contributed by atoms with Crippen molar-refractivity contribution in [3.05, 3.63) is 45.1 Å². The third-order valence-corrected chi connectivity index (χ3v) is 5.75. The fraction of sp³-hybridized carbons (Fsp3) is 0.333. The van der Waals surface area contributed by atoms with Gasteiger partial charge in [0, 0.05) is 10.6 Å². The standard InChI is InChI=1S/C18H20ClNO4S2/c1-11-4-6-15(23-3)14(8-11)20-18(22)12(2)24-17(21)10-25-9-13-5-7-16(19)26-13/h4-8,12H,9-10H2,1-3H3,(H,20,22)/t12-/m0/s1. The SMILES string of the molecule is COc1ccc(C)cc1NC(=O)[C@H](C)OC(=O)CSCc1ccc(Cl)s1. The predicted octanol–water partition coefficient (Wildman–Crippen LogP) is 4.52. The molecule has 0 aliphatic rings. The number of benzene rings is 1. The number of hydrogen-bond acceptors (Lipinski definition) is 6. The number of aryl methyl sites for hydroxylation is 1. The predicted molar refractivity (Wildman–Crippen MR) is 107 cm³/mol. The van der Waals surface area contributed by atoms with E-state index < -0.39 is 18.0 Å². The lowest BCUT2D eigenvalue weighted by Gasteiger charge is -2.15. The highest BCUT2D eigenvalue weighted by Gasteiger charge is 2.19. The van der Waals surface area contributed by atoms with Crippen LogP contribution in [0, 0.1) is 6.92 Å². The minimum absolute atomic E-state index is 0.168. The number of hydrogen-bond donors (Lipinski definition) is 1. The molecular weight excluding hydrogens is 394 g/mol. The molecule has 0 aliphatic carbocycles. The second-order valence-corrected chi connectivity index (χ2v) is 8.31. The second-order valence-electron chi connectivity index (χ2n) is 5.52. The molecule has 0 saturated carbocycles. The van der Waals surface area contributed by atoms with E-state index in [9.17, 15) is 9.59 Å². The summed E-state index contributed by atoms with van der Waals surface area (Å²) in [6, 6.07) is 9.21. The Morgan fingerprint density at radius 3 is 2.73 bits per heavy atom. The van der Waals surface area contributed by atoms with E-state index in [4.69, 9.17) is 21.1 Å². The number of rotatable bonds is 8. The van der Waals surface area contributed by atoms with Crippen LogP contribution in [-0.2, 0) is 20.1 Å². The second kappa shape index (κ2) is 9.85. The number of esters is 1. The fourth-order valence-electron chi connectivity index (χ4n) is 2.10. The van der Waals surface area contributed by atoms with Crippen LogP contribution < -0.4 is 10.1 Å². The maximum atomic E-state index is 12.3. The number of thiophene rings is 1. The number of methoxy groups -OCH3 is 1. The summed E-state index contributed by atoms with van der Waals surface area (Å²) in [6.45, 7) is 3.45. The van der Waals surface area contributed by atoms with Gasteiger partial charge in [0.1, 0.15) is 5.75 Å². The van der Waals surface area contributed by atoms with Crippen LogP contribution in [0.3, 0.4) is 0 Å². The number of amides is 1. The van der Waals surface area contributed by atoms with Crippen LogP contribution in [0.4, 0.5) is 5.69 Å². The summed E-state index contributed by atoms with van der Waals surface area (Å²) in [5.74, 6) is 0.551. The average Bonchev–Trinajstić information content (AvgIpc) is 3.00. The average molecular weight is 414 g/mol. The molecule has 5 nitrogen and oxygen atoms in total. The Labute approximate surface area is 166 Å². The molecule has 0 unspecified atom stereocenters. The third-order valence-electron chi connectivity index (χ3n) is 3.38. The van der Waals surface area contributed by atoms with Gasteiger partial charge in [0.15, 0.2) is 6.10 Å². The van der Waals surface area contributed by atoms with Gasteiger partial charge >= 0.3 is 5.97 Å². The Bertz CT molecular complexity index is 778. The summed E-state index contributed by atoms with van der Waals surface area (Å²) >= 11 is 8.77. The fourth-order valence-corrected chi connectivity index (χ4v) is 4.11. The Morgan fingerprint density at radius 1 is 1.31 bits per heavy atom. The Balaban J connectivity index is 1.80. The summed E-state index contributed by atoms with van der Waals surface area (Å²) < 4.78 is 11.1. The molecule has 2 aromatic rings. The molecule has 26 heavy (non-hydrogen) atoms. The molecule has 1 N–H and O–H groups in total. The molecule has 1 heterocycles. The van der Waals surface area contributed by atoms with E-state index in [-0.39, 0.29) is 5.75 Å². The van der Waals surface area contributed by atoms with Crippen LogP contribution in [0.15, 0.2) is 30.3 Å². The minimum Gasteiger partial charge on any atom is -0.495 e. The summed E-state index contributed by atoms with van der Waals surface area (Å²) in [6.07, 6.45) is -0.899. The van der Waals surface area contributed by atoms with E-state index in [2.05, 4.69) is 5.32 Å². The highest BCUT2D eigenvalue weighted by atomic mass is 35.5. The number of carbonyl (C=O) groups excluding carboxylic acids is 2. The van der Waals surface area contributed by atoms with Crippen LogP contribution in [-0.4, -0.2) is 30.8 Å². The van der Waals surface area contributed by atoms with Gasteiger partial charge < -0.3 is 14.8 Å². The molecule has 0 saturated heterocycles. The largest absolute Gasteiger partial charge is 0.495 e. The van der Waals surface area contributed by atoms with E-state index in [1.165, 1.54) is 30.2 Å². The molecule has 140 valence electrons. The molecule has 1 amide bonds. The highest BCUT2D eigenvalue weighted by molar-refractivity contribution is 7.99. The molecule has 0 radical (unpaired) electrons. The van der Waals surface area contributed by atoms with Crippen molar-refractivity contribution in [1.29, 1.82) is 0 Å². The maximum absolute atomic E-state index is 12.3. The van der Waals surface area contributed by atoms with Crippen molar-refractivity contribution < 1.29 is 19.1 Å². The summed E-state index contributed by atoms with van der Waals surface area (Å²) in [5, 5.41) is 2.73. The highest BCUT2D eigenvalue weighted by Crippen LogP contribution is 2.26. The first kappa shape index (κ1) is 20.6. The summed E-state index contributed by atoms with van der Waals surface area (Å²) in [4.78, 5) is 25.3. The van der Waals surface area contributed by atoms with Gasteiger partial charge in [-0.05, 0) is 43.7 Å². The van der Waals surface area contributed by atoms with Gasteiger partial charge in [-0.3, -0.25) is 9.59 Å². The van der Waals surface area contributed by atoms with Gasteiger partial charge in [-0.25, -0.2) is 0 Å². The van der Waals surface area contributed by atoms with Crippen molar-refractivity contribution in [1.82, 2.24) is 0 Å². The third kappa shape index (κ3) is 6.23. The zero-order chi connectivity index (χ0) is 19.1. The molecule has 0 aliphatic heterocycles. The number of carbonyl (C=O) groups is 2. The molecule has 1 aromatic heterocycles. The molecule has 2 rings (SSSR count). The van der Waals surface area contributed by atoms with Crippen LogP contribution in [0.1, 0.15) is 17.4 Å². The number of nitrogens with one attached hydrogen (secondary N) is 1. The molecule has 1 aromatic carbocycles. The van der Waals surface area contributed by atoms with E-state index in [0.29, 0.717) is 17.2 Å². The Morgan fingerprint density at radius 2 is 2.08 bits per heavy atom. The number of ether oxygens (including phenoxy) is 2. The van der Waals surface area contributed by atoms with Gasteiger partial charge in [0.2, 0.25) is 0 Å². The van der Waals surface area contributed by atoms with Crippen molar-refractivity contribution in [2.75, 3.05) is 18.2 Å². The molecule has 1 atom stereocenters. The van der Waals surface area contributed by atoms with Crippen molar-refractivity contribution >= 4 is 52.3 Å². The zero-order valence-corrected chi connectivity index (χ0v) is 17.1. The molecule has 8 heteroatoms. The molecule has 0 fully saturated rings. The Kier molecular flexibility index (Phi) is 7.81. The first-order chi connectivity index (χ1) is 12.4. The number of halogens is 1. The van der Waals surface area contributed by atoms with Gasteiger partial charge in [-0.2, -0.15) is 0 Å². The van der Waals surface area contributed by atoms with Crippen LogP contribution >= 0.6 is 34.7 Å². The van der Waals surface area contributed by atoms with E-state index in [0.717, 1.165) is 14.8 Å².